The highest BCUT2D eigenvalue weighted by molar-refractivity contribution is 5.75. The van der Waals surface area contributed by atoms with E-state index >= 15 is 0 Å². The van der Waals surface area contributed by atoms with Gasteiger partial charge in [0.25, 0.3) is 0 Å². The fourth-order valence-corrected chi connectivity index (χ4v) is 1.60. The first-order valence-corrected chi connectivity index (χ1v) is 4.17. The summed E-state index contributed by atoms with van der Waals surface area (Å²) < 4.78 is 0. The third-order valence-electron chi connectivity index (χ3n) is 2.10. The number of hydrogen-bond acceptors (Lipinski definition) is 1. The standard InChI is InChI=1S/C8H17N.H4Si/c1-2-9-8-6-4-3-5-7-8;/h8-9H,2-7H2,1H3;1H4. The van der Waals surface area contributed by atoms with Gasteiger partial charge in [-0.2, -0.15) is 0 Å². The Morgan fingerprint density at radius 3 is 2.30 bits per heavy atom. The van der Waals surface area contributed by atoms with E-state index in [1.807, 2.05) is 0 Å². The topological polar surface area (TPSA) is 12.0 Å². The van der Waals surface area contributed by atoms with Crippen LogP contribution in [-0.4, -0.2) is 23.6 Å². The lowest BCUT2D eigenvalue weighted by molar-refractivity contribution is 0.380. The van der Waals surface area contributed by atoms with Crippen molar-refractivity contribution in [3.05, 3.63) is 0 Å². The van der Waals surface area contributed by atoms with Crippen LogP contribution in [0.25, 0.3) is 0 Å². The van der Waals surface area contributed by atoms with Crippen LogP contribution in [0.1, 0.15) is 39.0 Å². The molecule has 1 N–H and O–H groups in total. The summed E-state index contributed by atoms with van der Waals surface area (Å²) in [5.41, 5.74) is 0. The van der Waals surface area contributed by atoms with E-state index in [1.165, 1.54) is 32.1 Å². The van der Waals surface area contributed by atoms with Crippen molar-refractivity contribution in [2.24, 2.45) is 0 Å². The second kappa shape index (κ2) is 5.92. The van der Waals surface area contributed by atoms with Crippen LogP contribution >= 0.6 is 0 Å². The van der Waals surface area contributed by atoms with Crippen LogP contribution in [-0.2, 0) is 0 Å². The molecule has 1 aliphatic carbocycles. The van der Waals surface area contributed by atoms with E-state index in [2.05, 4.69) is 12.2 Å². The minimum Gasteiger partial charge on any atom is -0.314 e. The minimum absolute atomic E-state index is 0. The highest BCUT2D eigenvalue weighted by Crippen LogP contribution is 2.16. The van der Waals surface area contributed by atoms with Gasteiger partial charge in [-0.3, -0.25) is 0 Å². The van der Waals surface area contributed by atoms with Gasteiger partial charge in [-0.15, -0.1) is 0 Å². The van der Waals surface area contributed by atoms with Crippen molar-refractivity contribution in [1.82, 2.24) is 5.32 Å². The van der Waals surface area contributed by atoms with Crippen molar-refractivity contribution in [3.8, 4) is 0 Å². The fourth-order valence-electron chi connectivity index (χ4n) is 1.60. The van der Waals surface area contributed by atoms with Gasteiger partial charge in [0.15, 0.2) is 0 Å². The lowest BCUT2D eigenvalue weighted by Gasteiger charge is -2.21. The number of rotatable bonds is 2. The Hall–Kier alpha value is 0.177. The van der Waals surface area contributed by atoms with Crippen molar-refractivity contribution in [1.29, 1.82) is 0 Å². The normalized spacial score (nSPS) is 20.1. The van der Waals surface area contributed by atoms with Crippen LogP contribution < -0.4 is 5.32 Å². The maximum Gasteiger partial charge on any atom is 0.00669 e. The van der Waals surface area contributed by atoms with E-state index in [9.17, 15) is 0 Å². The van der Waals surface area contributed by atoms with Crippen LogP contribution in [0.5, 0.6) is 0 Å². The van der Waals surface area contributed by atoms with E-state index in [0.717, 1.165) is 12.6 Å². The molecule has 1 aliphatic rings. The number of hydrogen-bond donors (Lipinski definition) is 1. The third kappa shape index (κ3) is 3.37. The minimum atomic E-state index is 0. The zero-order valence-corrected chi connectivity index (χ0v) is 6.32. The molecular weight excluding hydrogens is 138 g/mol. The average molecular weight is 159 g/mol. The summed E-state index contributed by atoms with van der Waals surface area (Å²) in [6.07, 6.45) is 7.17. The molecule has 0 atom stereocenters. The molecule has 0 saturated heterocycles. The molecule has 1 rings (SSSR count). The van der Waals surface area contributed by atoms with Crippen LogP contribution in [0.3, 0.4) is 0 Å². The Balaban J connectivity index is 0.000000810. The SMILES string of the molecule is CCNC1CCCCC1.[SiH4]. The van der Waals surface area contributed by atoms with Crippen molar-refractivity contribution in [2.75, 3.05) is 6.54 Å². The first-order chi connectivity index (χ1) is 4.43. The molecule has 0 aromatic carbocycles. The molecule has 0 bridgehead atoms. The van der Waals surface area contributed by atoms with Crippen LogP contribution in [0.15, 0.2) is 0 Å². The summed E-state index contributed by atoms with van der Waals surface area (Å²) in [7, 11) is 0. The second-order valence-corrected chi connectivity index (χ2v) is 2.89. The monoisotopic (exact) mass is 159 g/mol. The first-order valence-electron chi connectivity index (χ1n) is 4.17. The maximum absolute atomic E-state index is 3.48. The Kier molecular flexibility index (Phi) is 6.03. The van der Waals surface area contributed by atoms with Gasteiger partial charge in [-0.1, -0.05) is 26.2 Å². The van der Waals surface area contributed by atoms with E-state index < -0.39 is 0 Å². The van der Waals surface area contributed by atoms with Crippen LogP contribution in [0, 0.1) is 0 Å². The van der Waals surface area contributed by atoms with Crippen molar-refractivity contribution < 1.29 is 0 Å². The molecule has 1 nitrogen and oxygen atoms in total. The van der Waals surface area contributed by atoms with Gasteiger partial charge in [-0.05, 0) is 30.4 Å². The molecule has 0 radical (unpaired) electrons. The average Bonchev–Trinajstić information content (AvgIpc) is 1.91. The predicted octanol–water partition coefficient (Wildman–Crippen LogP) is 0.477. The largest absolute Gasteiger partial charge is 0.314 e. The molecule has 0 heterocycles. The van der Waals surface area contributed by atoms with E-state index in [1.54, 1.807) is 0 Å². The van der Waals surface area contributed by atoms with Gasteiger partial charge in [0.2, 0.25) is 0 Å². The number of nitrogens with one attached hydrogen (secondary N) is 1. The van der Waals surface area contributed by atoms with Crippen molar-refractivity contribution in [3.63, 3.8) is 0 Å². The van der Waals surface area contributed by atoms with Crippen LogP contribution in [0.2, 0.25) is 0 Å². The maximum atomic E-state index is 3.48. The molecule has 0 aliphatic heterocycles. The summed E-state index contributed by atoms with van der Waals surface area (Å²) in [5.74, 6) is 0. The zero-order valence-electron chi connectivity index (χ0n) is 6.32. The Labute approximate surface area is 68.6 Å². The molecule has 2 heteroatoms. The molecule has 1 saturated carbocycles. The highest BCUT2D eigenvalue weighted by Gasteiger charge is 2.10. The zero-order chi connectivity index (χ0) is 6.53. The first kappa shape index (κ1) is 10.2. The third-order valence-corrected chi connectivity index (χ3v) is 2.10. The summed E-state index contributed by atoms with van der Waals surface area (Å²) in [4.78, 5) is 0. The molecular formula is C8H21NSi. The molecule has 1 fully saturated rings. The molecule has 10 heavy (non-hydrogen) atoms. The van der Waals surface area contributed by atoms with E-state index in [4.69, 9.17) is 0 Å². The molecule has 0 amide bonds. The van der Waals surface area contributed by atoms with Gasteiger partial charge in [0.1, 0.15) is 0 Å². The van der Waals surface area contributed by atoms with Crippen molar-refractivity contribution in [2.45, 2.75) is 45.1 Å². The predicted molar refractivity (Wildman–Crippen MR) is 51.9 cm³/mol. The highest BCUT2D eigenvalue weighted by atomic mass is 28.1. The van der Waals surface area contributed by atoms with Gasteiger partial charge < -0.3 is 5.32 Å². The summed E-state index contributed by atoms with van der Waals surface area (Å²) in [6, 6.07) is 0.851. The summed E-state index contributed by atoms with van der Waals surface area (Å²) in [5, 5.41) is 3.48. The Bertz CT molecular complexity index is 66.9. The quantitative estimate of drug-likeness (QED) is 0.578. The van der Waals surface area contributed by atoms with E-state index in [-0.39, 0.29) is 11.0 Å². The van der Waals surface area contributed by atoms with E-state index in [0.29, 0.717) is 0 Å². The van der Waals surface area contributed by atoms with Crippen LogP contribution in [0.4, 0.5) is 0 Å². The van der Waals surface area contributed by atoms with Crippen molar-refractivity contribution >= 4 is 11.0 Å². The van der Waals surface area contributed by atoms with Gasteiger partial charge in [0.05, 0.1) is 0 Å². The molecule has 0 spiro atoms. The molecule has 0 aromatic rings. The van der Waals surface area contributed by atoms with Gasteiger partial charge >= 0.3 is 0 Å². The lowest BCUT2D eigenvalue weighted by Crippen LogP contribution is -2.30. The Morgan fingerprint density at radius 2 is 1.80 bits per heavy atom. The molecule has 0 unspecified atom stereocenters. The second-order valence-electron chi connectivity index (χ2n) is 2.89. The lowest BCUT2D eigenvalue weighted by atomic mass is 9.96. The Morgan fingerprint density at radius 1 is 1.20 bits per heavy atom. The fraction of sp³-hybridized carbons (Fsp3) is 1.00. The molecule has 62 valence electrons. The summed E-state index contributed by atoms with van der Waals surface area (Å²) in [6.45, 7) is 3.33. The van der Waals surface area contributed by atoms with Gasteiger partial charge in [-0.25, -0.2) is 0 Å². The molecule has 0 aromatic heterocycles. The smallest absolute Gasteiger partial charge is 0.00669 e. The summed E-state index contributed by atoms with van der Waals surface area (Å²) >= 11 is 0. The van der Waals surface area contributed by atoms with Gasteiger partial charge in [0, 0.05) is 6.04 Å².